The molecule has 0 bridgehead atoms. The summed E-state index contributed by atoms with van der Waals surface area (Å²) in [6, 6.07) is -3.70. The number of carboxylic acid groups (broad SMARTS) is 1. The number of carbonyl (C=O) groups is 2. The third-order valence-electron chi connectivity index (χ3n) is 10.4. The fraction of sp³-hybridized carbons (Fsp3) is 0.812. The van der Waals surface area contributed by atoms with Crippen LogP contribution in [-0.4, -0.2) is 267 Å². The largest absolute Gasteiger partial charge is 1.00 e. The van der Waals surface area contributed by atoms with E-state index in [1.807, 2.05) is 0 Å². The number of aliphatic hydroxyl groups excluding tert-OH is 5. The molecule has 0 aromatic heterocycles. The van der Waals surface area contributed by atoms with Gasteiger partial charge in [0.2, 0.25) is 58.3 Å². The molecule has 464 valence electrons. The molecule has 0 aliphatic carbocycles. The van der Waals surface area contributed by atoms with Crippen LogP contribution in [0, 0.1) is 33.1 Å². The Hall–Kier alpha value is 2.61. The second kappa shape index (κ2) is 40.7. The number of aliphatic hydroxyl groups is 5. The topological polar surface area (TPSA) is 702 Å². The number of carboxylic acids is 1. The fourth-order valence-electron chi connectivity index (χ4n) is 7.00. The number of ether oxygens (including phenoxy) is 10. The summed E-state index contributed by atoms with van der Waals surface area (Å²) in [6.07, 6.45) is -30.2. The van der Waals surface area contributed by atoms with Crippen molar-refractivity contribution < 1.29 is 323 Å². The zero-order chi connectivity index (χ0) is 61.1. The van der Waals surface area contributed by atoms with E-state index in [0.29, 0.717) is 0 Å². The molecule has 5 rings (SSSR count). The Morgan fingerprint density at radius 3 is 1.39 bits per heavy atom. The van der Waals surface area contributed by atoms with Crippen LogP contribution in [0.5, 0.6) is 0 Å². The molecule has 5 saturated heterocycles. The number of rotatable bonds is 13. The first-order valence-corrected chi connectivity index (χ1v) is 27.4. The molecular weight excluding hydrogens is 1310 g/mol. The van der Waals surface area contributed by atoms with Crippen LogP contribution in [-0.2, 0) is 113 Å². The second-order valence-corrected chi connectivity index (χ2v) is 20.6. The summed E-state index contributed by atoms with van der Waals surface area (Å²) >= 11 is 0. The van der Waals surface area contributed by atoms with Gasteiger partial charge in [-0.25, -0.2) is 46.9 Å². The van der Waals surface area contributed by atoms with E-state index in [1.54, 1.807) is 6.92 Å². The van der Waals surface area contributed by atoms with Crippen molar-refractivity contribution >= 4 is 64.4 Å². The molecule has 0 aromatic rings. The van der Waals surface area contributed by atoms with E-state index >= 15 is 0 Å². The van der Waals surface area contributed by atoms with Crippen molar-refractivity contribution in [1.29, 1.82) is 0 Å². The van der Waals surface area contributed by atoms with Gasteiger partial charge < -0.3 is 139 Å². The number of nitrogens with two attached hydrogens (primary N) is 3. The predicted octanol–water partition coefficient (Wildman–Crippen LogP) is -25.6. The maximum absolute atomic E-state index is 12.3. The summed E-state index contributed by atoms with van der Waals surface area (Å²) in [5.74, 6) is -2.62. The van der Waals surface area contributed by atoms with E-state index < -0.39 is 205 Å². The Morgan fingerprint density at radius 2 is 0.952 bits per heavy atom. The van der Waals surface area contributed by atoms with Crippen LogP contribution in [0.3, 0.4) is 0 Å². The summed E-state index contributed by atoms with van der Waals surface area (Å²) in [6.45, 7) is 14.0. The quantitative estimate of drug-likeness (QED) is 0.0268. The Balaban J connectivity index is -0.000000698. The summed E-state index contributed by atoms with van der Waals surface area (Å²) in [4.78, 5) is 23.8. The normalized spacial score (nSPS) is 38.1. The zero-order valence-corrected chi connectivity index (χ0v) is 58.4. The molecule has 41 nitrogen and oxygen atoms in total. The minimum atomic E-state index is -5.61. The SMILES string of the molecule is O=S(=O)([O-])O.O=S(=O)([O-])O.O=S(=O)([O-])O.O=S(=O)([O-])O.[CH2-]C1O[C@H](O[C@@H]2C(OC=O)O[C@@H](O[C@@H]3C([CH2-])O[C@H](C)C(N)[C@H]3O)C(OS(=O)(=O)[O-])[C@H]2O)C(N)[CH-][C@@H]1O[C@@H]1O[C@@H](C(=O)O)[C@@H](O[C@H]2O[C@@H]([CH2-])[C@@H](O)[C@H](O)C2N)[C@H](O)C1C.[Na+].[Na+].[Na+].[Na+].[Na+]. The summed E-state index contributed by atoms with van der Waals surface area (Å²) < 4.78 is 227. The van der Waals surface area contributed by atoms with Crippen molar-refractivity contribution in [3.05, 3.63) is 27.2 Å². The Bertz CT molecular complexity index is 2340. The standard InChI is InChI=1S/C32H51N3O22S.5Na.4H2O4S/c1-8-17(37)23(53-30-16(35)19(39)18(38)11(4)50-30)26(27(42)43)55-28(8)51-14-6-13(33)29(49-9(14)2)54-24-21(41)25(57-58(44,45)46)32(56-31(24)47-7-36)52-22-12(5)48-10(3)15(34)20(22)40;;;;;;4*1-5(2,3)4/h6-26,28-32,37-41H,2,4-5,33-35H2,1,3H3,(H,42,43)(H,44,45,46);;;;;;4*(H2,1,2,3,4)/q-4;5*+1;;;;/p-5/t8?,9?,10-,11+,12?,13?,14+,15?,16?,17-,18-,19-,20-,21+,22-,23+,24+,25?,26-,28-,29-,30-,31?,32-;;;;;;;;;/m1........./s1. The number of carbonyl (C=O) groups excluding carboxylic acids is 1. The van der Waals surface area contributed by atoms with Gasteiger partial charge in [-0.3, -0.25) is 33.6 Å². The van der Waals surface area contributed by atoms with E-state index in [-0.39, 0.29) is 154 Å². The van der Waals surface area contributed by atoms with Gasteiger partial charge in [-0.1, -0.05) is 25.2 Å². The van der Waals surface area contributed by atoms with Gasteiger partial charge >= 0.3 is 154 Å². The average Bonchev–Trinajstić information content (AvgIpc) is 3.23. The van der Waals surface area contributed by atoms with Crippen molar-refractivity contribution in [2.45, 2.75) is 155 Å². The van der Waals surface area contributed by atoms with E-state index in [0.717, 1.165) is 0 Å². The first-order valence-electron chi connectivity index (χ1n) is 20.6. The Morgan fingerprint density at radius 1 is 0.518 bits per heavy atom. The van der Waals surface area contributed by atoms with Crippen molar-refractivity contribution in [3.8, 4) is 0 Å². The third kappa shape index (κ3) is 36.0. The van der Waals surface area contributed by atoms with Crippen molar-refractivity contribution in [1.82, 2.24) is 0 Å². The summed E-state index contributed by atoms with van der Waals surface area (Å²) in [7, 11) is -25.3. The molecule has 5 fully saturated rings. The fourth-order valence-corrected chi connectivity index (χ4v) is 7.47. The van der Waals surface area contributed by atoms with Crippen LogP contribution >= 0.6 is 0 Å². The smallest absolute Gasteiger partial charge is 0.726 e. The minimum Gasteiger partial charge on any atom is -0.726 e. The maximum atomic E-state index is 12.3. The molecule has 83 heavy (non-hydrogen) atoms. The molecule has 0 amide bonds. The van der Waals surface area contributed by atoms with Gasteiger partial charge in [0, 0.05) is 5.92 Å². The second-order valence-electron chi connectivity index (χ2n) is 16.2. The van der Waals surface area contributed by atoms with Crippen LogP contribution in [0.1, 0.15) is 13.8 Å². The predicted molar refractivity (Wildman–Crippen MR) is 231 cm³/mol. The molecule has 0 spiro atoms. The number of aliphatic carboxylic acids is 1. The first kappa shape index (κ1) is 94.3. The van der Waals surface area contributed by atoms with Crippen molar-refractivity contribution in [2.24, 2.45) is 23.1 Å². The van der Waals surface area contributed by atoms with E-state index in [9.17, 15) is 53.2 Å². The Kier molecular flexibility index (Phi) is 46.2. The number of hydrogen-bond acceptors (Lipinski definition) is 36. The zero-order valence-electron chi connectivity index (χ0n) is 44.3. The van der Waals surface area contributed by atoms with E-state index in [1.165, 1.54) is 13.3 Å². The molecule has 0 aromatic carbocycles. The van der Waals surface area contributed by atoms with Crippen LogP contribution in [0.15, 0.2) is 0 Å². The van der Waals surface area contributed by atoms with Gasteiger partial charge in [0.15, 0.2) is 37.2 Å². The van der Waals surface area contributed by atoms with Crippen LogP contribution in [0.25, 0.3) is 0 Å². The van der Waals surface area contributed by atoms with Crippen molar-refractivity contribution in [3.63, 3.8) is 0 Å². The molecule has 8 unspecified atom stereocenters. The van der Waals surface area contributed by atoms with Gasteiger partial charge in [-0.05, 0) is 19.1 Å². The minimum absolute atomic E-state index is 0. The van der Waals surface area contributed by atoms with Crippen LogP contribution in [0.2, 0.25) is 0 Å². The molecule has 51 heteroatoms. The molecule has 0 radical (unpaired) electrons. The molecule has 5 aliphatic rings. The molecule has 5 aliphatic heterocycles. The average molecular weight is 1360 g/mol. The molecular formula is C32H54N3Na5O38S5-4. The van der Waals surface area contributed by atoms with Crippen molar-refractivity contribution in [2.75, 3.05) is 0 Å². The van der Waals surface area contributed by atoms with E-state index in [2.05, 4.69) is 25.0 Å². The van der Waals surface area contributed by atoms with Gasteiger partial charge in [0.25, 0.3) is 6.47 Å². The third-order valence-corrected chi connectivity index (χ3v) is 10.8. The van der Waals surface area contributed by atoms with Gasteiger partial charge in [-0.2, -0.15) is 0 Å². The van der Waals surface area contributed by atoms with Crippen LogP contribution < -0.4 is 165 Å². The maximum Gasteiger partial charge on any atom is 1.00 e. The van der Waals surface area contributed by atoms with Gasteiger partial charge in [-0.15, -0.1) is 0 Å². The monoisotopic (exact) mass is 1360 g/mol. The molecule has 16 N–H and O–H groups in total. The van der Waals surface area contributed by atoms with Gasteiger partial charge in [0.05, 0.1) is 48.7 Å². The summed E-state index contributed by atoms with van der Waals surface area (Å²) in [5, 5.41) is 63.5. The van der Waals surface area contributed by atoms with Crippen LogP contribution in [0.4, 0.5) is 0 Å². The molecule has 0 saturated carbocycles. The number of hydrogen-bond donors (Lipinski definition) is 13. The summed E-state index contributed by atoms with van der Waals surface area (Å²) in [5.41, 5.74) is 18.2. The Labute approximate surface area is 585 Å². The molecule has 5 heterocycles. The first-order chi connectivity index (χ1) is 35.0. The van der Waals surface area contributed by atoms with E-state index in [4.69, 9.17) is 135 Å². The molecule has 24 atom stereocenters. The van der Waals surface area contributed by atoms with Gasteiger partial charge in [0.1, 0.15) is 18.5 Å².